The number of rotatable bonds is 40. The second-order valence-corrected chi connectivity index (χ2v) is 15.8. The normalized spacial score (nSPS) is 11.4. The van der Waals surface area contributed by atoms with Crippen molar-refractivity contribution in [1.29, 1.82) is 0 Å². The van der Waals surface area contributed by atoms with E-state index in [1.165, 1.54) is 12.7 Å². The van der Waals surface area contributed by atoms with Gasteiger partial charge in [0.05, 0.1) is 132 Å². The van der Waals surface area contributed by atoms with Crippen LogP contribution in [0, 0.1) is 0 Å². The molecule has 0 saturated carbocycles. The molecule has 2 aromatic carbocycles. The molecule has 25 heteroatoms. The largest absolute Gasteiger partial charge is 0.471 e. The van der Waals surface area contributed by atoms with Crippen LogP contribution in [0.4, 0.5) is 11.9 Å². The van der Waals surface area contributed by atoms with Crippen LogP contribution in [0.2, 0.25) is 0 Å². The molecule has 6 aromatic rings. The van der Waals surface area contributed by atoms with Gasteiger partial charge in [0.25, 0.3) is 0 Å². The summed E-state index contributed by atoms with van der Waals surface area (Å²) in [5.74, 6) is 0.641. The SMILES string of the molecule is Nc1nc(OCc2ccc(CNC(=O)CCOCCOCCOCCOCCOCCOCCOCCOCCOCCC(=O)NCc3ccc(COc4nc(N)nc5nc[nH]c45)cc3)cc2)c2[nH]cnc2n1. The summed E-state index contributed by atoms with van der Waals surface area (Å²) in [6.45, 7) is 8.91. The number of aromatic amines is 2. The minimum absolute atomic E-state index is 0.0874. The van der Waals surface area contributed by atoms with E-state index in [4.69, 9.17) is 63.6 Å². The second-order valence-electron chi connectivity index (χ2n) is 15.8. The summed E-state index contributed by atoms with van der Waals surface area (Å²) >= 11 is 0. The highest BCUT2D eigenvalue weighted by atomic mass is 16.6. The zero-order valence-electron chi connectivity index (χ0n) is 40.9. The monoisotopic (exact) mass is 1020 g/mol. The van der Waals surface area contributed by atoms with Crippen LogP contribution in [0.3, 0.4) is 0 Å². The lowest BCUT2D eigenvalue weighted by atomic mass is 10.1. The smallest absolute Gasteiger partial charge is 0.245 e. The van der Waals surface area contributed by atoms with E-state index < -0.39 is 0 Å². The maximum Gasteiger partial charge on any atom is 0.245 e. The number of fused-ring (bicyclic) bond motifs is 2. The Labute approximate surface area is 422 Å². The fraction of sp³-hybridized carbons (Fsp3) is 0.500. The van der Waals surface area contributed by atoms with Crippen LogP contribution < -0.4 is 31.6 Å². The first-order valence-electron chi connectivity index (χ1n) is 24.0. The molecule has 0 fully saturated rings. The van der Waals surface area contributed by atoms with Crippen molar-refractivity contribution in [3.63, 3.8) is 0 Å². The van der Waals surface area contributed by atoms with Crippen LogP contribution in [-0.2, 0) is 78.5 Å². The minimum Gasteiger partial charge on any atom is -0.471 e. The van der Waals surface area contributed by atoms with Gasteiger partial charge in [-0.05, 0) is 22.3 Å². The number of aromatic nitrogens is 8. The molecule has 4 heterocycles. The third-order valence-electron chi connectivity index (χ3n) is 10.2. The zero-order valence-corrected chi connectivity index (χ0v) is 40.9. The van der Waals surface area contributed by atoms with Crippen LogP contribution in [0.15, 0.2) is 61.2 Å². The van der Waals surface area contributed by atoms with Gasteiger partial charge in [0.2, 0.25) is 35.5 Å². The van der Waals surface area contributed by atoms with Crippen molar-refractivity contribution in [2.75, 3.05) is 130 Å². The van der Waals surface area contributed by atoms with E-state index in [0.717, 1.165) is 22.3 Å². The number of nitrogens with one attached hydrogen (secondary N) is 4. The number of nitrogen functional groups attached to an aromatic ring is 2. The number of imidazole rings is 2. The molecule has 2 amide bonds. The molecular formula is C48H66N12O13. The summed E-state index contributed by atoms with van der Waals surface area (Å²) in [5, 5.41) is 5.80. The van der Waals surface area contributed by atoms with Gasteiger partial charge in [0, 0.05) is 25.9 Å². The van der Waals surface area contributed by atoms with E-state index in [1.54, 1.807) is 0 Å². The van der Waals surface area contributed by atoms with Crippen molar-refractivity contribution >= 4 is 46.0 Å². The summed E-state index contributed by atoms with van der Waals surface area (Å²) in [7, 11) is 0. The van der Waals surface area contributed by atoms with Crippen molar-refractivity contribution in [3.05, 3.63) is 83.4 Å². The predicted octanol–water partition coefficient (Wildman–Crippen LogP) is 2.20. The molecule has 0 aliphatic rings. The molecule has 0 bridgehead atoms. The van der Waals surface area contributed by atoms with Crippen LogP contribution in [0.25, 0.3) is 22.3 Å². The standard InChI is InChI=1S/C48H66N12O13/c49-47-57-43-41(53-33-55-43)45(59-47)72-31-37-5-1-35(2-6-37)29-51-39(61)9-11-63-13-15-65-17-19-67-21-23-69-25-27-71-28-26-70-24-22-68-20-18-66-16-14-64-12-10-40(62)52-30-36-3-7-38(8-4-36)32-73-46-42-44(56-34-54-42)58-48(50)60-46/h1-8,33-34H,9-32H2,(H,51,61)(H,52,62)(H3,49,53,55,57,59)(H3,50,54,56,58,60). The number of carbonyl (C=O) groups is 2. The van der Waals surface area contributed by atoms with Crippen molar-refractivity contribution in [2.24, 2.45) is 0 Å². The summed E-state index contributed by atoms with van der Waals surface area (Å²) < 4.78 is 61.3. The number of carbonyl (C=O) groups excluding carboxylic acids is 2. The number of anilines is 2. The summed E-state index contributed by atoms with van der Waals surface area (Å²) in [6.07, 6.45) is 3.51. The number of hydrogen-bond acceptors (Lipinski definition) is 21. The second kappa shape index (κ2) is 33.1. The number of benzene rings is 2. The minimum atomic E-state index is -0.101. The van der Waals surface area contributed by atoms with Crippen LogP contribution in [0.5, 0.6) is 11.8 Å². The lowest BCUT2D eigenvalue weighted by molar-refractivity contribution is -0.123. The van der Waals surface area contributed by atoms with Crippen molar-refractivity contribution < 1.29 is 61.7 Å². The molecule has 8 N–H and O–H groups in total. The Morgan fingerprint density at radius 1 is 0.411 bits per heavy atom. The van der Waals surface area contributed by atoms with Gasteiger partial charge in [-0.15, -0.1) is 0 Å². The Hall–Kier alpha value is -6.68. The van der Waals surface area contributed by atoms with Crippen molar-refractivity contribution in [2.45, 2.75) is 39.1 Å². The van der Waals surface area contributed by atoms with Gasteiger partial charge in [-0.25, -0.2) is 9.97 Å². The molecule has 0 unspecified atom stereocenters. The van der Waals surface area contributed by atoms with E-state index in [1.807, 2.05) is 48.5 Å². The Morgan fingerprint density at radius 2 is 0.699 bits per heavy atom. The van der Waals surface area contributed by atoms with Gasteiger partial charge >= 0.3 is 0 Å². The van der Waals surface area contributed by atoms with E-state index >= 15 is 0 Å². The van der Waals surface area contributed by atoms with Crippen LogP contribution in [-0.4, -0.2) is 171 Å². The molecule has 396 valence electrons. The van der Waals surface area contributed by atoms with Gasteiger partial charge in [-0.3, -0.25) is 9.59 Å². The third-order valence-corrected chi connectivity index (χ3v) is 10.2. The average Bonchev–Trinajstić information content (AvgIpc) is 4.09. The molecule has 0 aliphatic heterocycles. The summed E-state index contributed by atoms with van der Waals surface area (Å²) in [6, 6.07) is 15.4. The van der Waals surface area contributed by atoms with Crippen LogP contribution >= 0.6 is 0 Å². The number of amides is 2. The Bertz CT molecular complexity index is 2310. The lowest BCUT2D eigenvalue weighted by Gasteiger charge is -2.09. The van der Waals surface area contributed by atoms with Gasteiger partial charge in [0.1, 0.15) is 24.2 Å². The van der Waals surface area contributed by atoms with Gasteiger partial charge in [-0.2, -0.15) is 19.9 Å². The third kappa shape index (κ3) is 21.9. The molecule has 6 rings (SSSR count). The topological polar surface area (TPSA) is 321 Å². The Balaban J connectivity index is 0.606. The van der Waals surface area contributed by atoms with E-state index in [0.29, 0.717) is 166 Å². The maximum absolute atomic E-state index is 12.2. The maximum atomic E-state index is 12.2. The summed E-state index contributed by atoms with van der Waals surface area (Å²) in [5.41, 5.74) is 17.3. The van der Waals surface area contributed by atoms with Gasteiger partial charge < -0.3 is 84.2 Å². The average molecular weight is 1020 g/mol. The summed E-state index contributed by atoms with van der Waals surface area (Å²) in [4.78, 5) is 54.9. The first-order valence-corrected chi connectivity index (χ1v) is 24.0. The first-order chi connectivity index (χ1) is 35.9. The number of hydrogen-bond donors (Lipinski definition) is 6. The van der Waals surface area contributed by atoms with Crippen molar-refractivity contribution in [1.82, 2.24) is 50.5 Å². The number of nitrogens with two attached hydrogens (primary N) is 2. The first kappa shape index (κ1) is 55.6. The number of nitrogens with zero attached hydrogens (tertiary/aromatic N) is 6. The van der Waals surface area contributed by atoms with Crippen LogP contribution in [0.1, 0.15) is 35.1 Å². The zero-order chi connectivity index (χ0) is 51.0. The molecule has 0 atom stereocenters. The number of H-pyrrole nitrogens is 2. The van der Waals surface area contributed by atoms with E-state index in [2.05, 4.69) is 50.5 Å². The highest BCUT2D eigenvalue weighted by molar-refractivity contribution is 5.78. The van der Waals surface area contributed by atoms with Gasteiger partial charge in [0.15, 0.2) is 11.3 Å². The van der Waals surface area contributed by atoms with Crippen molar-refractivity contribution in [3.8, 4) is 11.8 Å². The molecule has 0 radical (unpaired) electrons. The fourth-order valence-electron chi connectivity index (χ4n) is 6.43. The predicted molar refractivity (Wildman–Crippen MR) is 264 cm³/mol. The number of ether oxygens (including phenoxy) is 11. The molecule has 25 nitrogen and oxygen atoms in total. The van der Waals surface area contributed by atoms with Gasteiger partial charge in [-0.1, -0.05) is 48.5 Å². The Morgan fingerprint density at radius 3 is 1.01 bits per heavy atom. The van der Waals surface area contributed by atoms with E-state index in [9.17, 15) is 9.59 Å². The Kier molecular flexibility index (Phi) is 25.2. The molecule has 0 spiro atoms. The lowest BCUT2D eigenvalue weighted by Crippen LogP contribution is -2.24. The fourth-order valence-corrected chi connectivity index (χ4v) is 6.43. The molecular weight excluding hydrogens is 953 g/mol. The molecule has 73 heavy (non-hydrogen) atoms. The molecule has 4 aromatic heterocycles. The van der Waals surface area contributed by atoms with E-state index in [-0.39, 0.29) is 49.8 Å². The highest BCUT2D eigenvalue weighted by Crippen LogP contribution is 2.22. The quantitative estimate of drug-likeness (QED) is 0.0301. The highest BCUT2D eigenvalue weighted by Gasteiger charge is 2.12. The molecule has 0 aliphatic carbocycles. The molecule has 0 saturated heterocycles.